The topological polar surface area (TPSA) is 27.3 Å². The van der Waals surface area contributed by atoms with E-state index in [4.69, 9.17) is 23.8 Å². The van der Waals surface area contributed by atoms with Crippen molar-refractivity contribution in [1.82, 2.24) is 10.2 Å². The zero-order chi connectivity index (χ0) is 14.4. The van der Waals surface area contributed by atoms with Gasteiger partial charge in [0.2, 0.25) is 0 Å². The summed E-state index contributed by atoms with van der Waals surface area (Å²) in [5, 5.41) is 7.88. The van der Waals surface area contributed by atoms with Crippen LogP contribution in [0.3, 0.4) is 0 Å². The third-order valence-corrected chi connectivity index (χ3v) is 4.33. The predicted molar refractivity (Wildman–Crippen MR) is 90.7 cm³/mol. The Hall–Kier alpha value is -0.840. The molecule has 20 heavy (non-hydrogen) atoms. The van der Waals surface area contributed by atoms with E-state index in [9.17, 15) is 0 Å². The van der Waals surface area contributed by atoms with Crippen LogP contribution in [0.25, 0.3) is 0 Å². The van der Waals surface area contributed by atoms with Crippen molar-refractivity contribution in [3.8, 4) is 0 Å². The van der Waals surface area contributed by atoms with Gasteiger partial charge in [0.1, 0.15) is 0 Å². The number of benzene rings is 1. The summed E-state index contributed by atoms with van der Waals surface area (Å²) in [5.41, 5.74) is 1.99. The highest BCUT2D eigenvalue weighted by Gasteiger charge is 2.09. The van der Waals surface area contributed by atoms with E-state index in [-0.39, 0.29) is 0 Å². The van der Waals surface area contributed by atoms with Crippen LogP contribution in [0.4, 0.5) is 5.69 Å². The number of hydrogen-bond acceptors (Lipinski definition) is 2. The molecule has 0 spiro atoms. The van der Waals surface area contributed by atoms with E-state index in [0.717, 1.165) is 29.4 Å². The number of piperidine rings is 1. The van der Waals surface area contributed by atoms with Crippen LogP contribution < -0.4 is 10.6 Å². The highest BCUT2D eigenvalue weighted by molar-refractivity contribution is 7.80. The van der Waals surface area contributed by atoms with Crippen LogP contribution in [0, 0.1) is 6.92 Å². The fraction of sp³-hybridized carbons (Fsp3) is 0.533. The Kier molecular flexibility index (Phi) is 6.07. The summed E-state index contributed by atoms with van der Waals surface area (Å²) in [4.78, 5) is 2.49. The van der Waals surface area contributed by atoms with Crippen molar-refractivity contribution < 1.29 is 0 Å². The van der Waals surface area contributed by atoms with Gasteiger partial charge in [-0.3, -0.25) is 0 Å². The molecule has 2 rings (SSSR count). The third-order valence-electron chi connectivity index (χ3n) is 3.68. The van der Waals surface area contributed by atoms with E-state index in [2.05, 4.69) is 15.5 Å². The van der Waals surface area contributed by atoms with Gasteiger partial charge < -0.3 is 15.5 Å². The van der Waals surface area contributed by atoms with E-state index in [1.54, 1.807) is 0 Å². The summed E-state index contributed by atoms with van der Waals surface area (Å²) < 4.78 is 0. The minimum absolute atomic E-state index is 0.660. The van der Waals surface area contributed by atoms with Crippen LogP contribution in [0.5, 0.6) is 0 Å². The SMILES string of the molecule is Cc1c(Cl)cccc1NC(=S)NCCN1CCCCC1. The molecule has 0 bridgehead atoms. The molecule has 1 saturated heterocycles. The lowest BCUT2D eigenvalue weighted by Gasteiger charge is -2.26. The van der Waals surface area contributed by atoms with E-state index < -0.39 is 0 Å². The number of halogens is 1. The maximum absolute atomic E-state index is 6.09. The summed E-state index contributed by atoms with van der Waals surface area (Å²) in [6.07, 6.45) is 4.02. The molecule has 1 aromatic carbocycles. The molecule has 2 N–H and O–H groups in total. The largest absolute Gasteiger partial charge is 0.361 e. The van der Waals surface area contributed by atoms with Crippen LogP contribution in [0.1, 0.15) is 24.8 Å². The monoisotopic (exact) mass is 311 g/mol. The van der Waals surface area contributed by atoms with E-state index in [0.29, 0.717) is 5.11 Å². The molecular formula is C15H22ClN3S. The number of thiocarbonyl (C=S) groups is 1. The van der Waals surface area contributed by atoms with Crippen molar-refractivity contribution in [1.29, 1.82) is 0 Å². The smallest absolute Gasteiger partial charge is 0.170 e. The third kappa shape index (κ3) is 4.62. The van der Waals surface area contributed by atoms with Gasteiger partial charge in [0.15, 0.2) is 5.11 Å². The molecule has 0 unspecified atom stereocenters. The summed E-state index contributed by atoms with van der Waals surface area (Å²) in [7, 11) is 0. The molecule has 0 saturated carbocycles. The van der Waals surface area contributed by atoms with Gasteiger partial charge in [-0.2, -0.15) is 0 Å². The first-order valence-electron chi connectivity index (χ1n) is 7.19. The zero-order valence-electron chi connectivity index (χ0n) is 11.9. The number of nitrogens with one attached hydrogen (secondary N) is 2. The maximum Gasteiger partial charge on any atom is 0.170 e. The van der Waals surface area contributed by atoms with Gasteiger partial charge in [-0.1, -0.05) is 24.1 Å². The van der Waals surface area contributed by atoms with Crippen molar-refractivity contribution in [2.45, 2.75) is 26.2 Å². The normalized spacial score (nSPS) is 15.9. The van der Waals surface area contributed by atoms with Gasteiger partial charge >= 0.3 is 0 Å². The molecule has 5 heteroatoms. The van der Waals surface area contributed by atoms with Gasteiger partial charge in [0.05, 0.1) is 0 Å². The minimum Gasteiger partial charge on any atom is -0.361 e. The lowest BCUT2D eigenvalue weighted by Crippen LogP contribution is -2.39. The van der Waals surface area contributed by atoms with E-state index >= 15 is 0 Å². The van der Waals surface area contributed by atoms with Gasteiger partial charge in [0.25, 0.3) is 0 Å². The number of hydrogen-bond donors (Lipinski definition) is 2. The van der Waals surface area contributed by atoms with Crippen molar-refractivity contribution in [3.63, 3.8) is 0 Å². The Labute approximate surface area is 131 Å². The molecule has 1 aliphatic heterocycles. The van der Waals surface area contributed by atoms with Crippen LogP contribution >= 0.6 is 23.8 Å². The molecule has 1 aliphatic rings. The van der Waals surface area contributed by atoms with Crippen molar-refractivity contribution in [2.75, 3.05) is 31.5 Å². The van der Waals surface area contributed by atoms with Gasteiger partial charge in [-0.25, -0.2) is 0 Å². The second-order valence-electron chi connectivity index (χ2n) is 5.20. The Morgan fingerprint density at radius 1 is 1.30 bits per heavy atom. The fourth-order valence-corrected chi connectivity index (χ4v) is 2.81. The average Bonchev–Trinajstić information content (AvgIpc) is 2.45. The summed E-state index contributed by atoms with van der Waals surface area (Å²) in [6, 6.07) is 5.79. The quantitative estimate of drug-likeness (QED) is 0.833. The highest BCUT2D eigenvalue weighted by atomic mass is 35.5. The Bertz CT molecular complexity index is 458. The summed E-state index contributed by atoms with van der Waals surface area (Å²) in [5.74, 6) is 0. The van der Waals surface area contributed by atoms with Crippen LogP contribution in [0.15, 0.2) is 18.2 Å². The molecule has 1 heterocycles. The summed E-state index contributed by atoms with van der Waals surface area (Å²) >= 11 is 11.4. The molecule has 0 aliphatic carbocycles. The molecule has 3 nitrogen and oxygen atoms in total. The van der Waals surface area contributed by atoms with Gasteiger partial charge in [0, 0.05) is 23.8 Å². The lowest BCUT2D eigenvalue weighted by atomic mass is 10.1. The number of nitrogens with zero attached hydrogens (tertiary/aromatic N) is 1. The minimum atomic E-state index is 0.660. The van der Waals surface area contributed by atoms with Crippen molar-refractivity contribution >= 4 is 34.6 Å². The van der Waals surface area contributed by atoms with Crippen molar-refractivity contribution in [3.05, 3.63) is 28.8 Å². The summed E-state index contributed by atoms with van der Waals surface area (Å²) in [6.45, 7) is 6.35. The number of rotatable bonds is 4. The second-order valence-corrected chi connectivity index (χ2v) is 6.01. The Morgan fingerprint density at radius 3 is 2.80 bits per heavy atom. The van der Waals surface area contributed by atoms with Crippen LogP contribution in [-0.4, -0.2) is 36.2 Å². The molecule has 1 aromatic rings. The molecular weight excluding hydrogens is 290 g/mol. The first kappa shape index (κ1) is 15.5. The lowest BCUT2D eigenvalue weighted by molar-refractivity contribution is 0.232. The number of likely N-dealkylation sites (tertiary alicyclic amines) is 1. The molecule has 0 radical (unpaired) electrons. The van der Waals surface area contributed by atoms with Crippen LogP contribution in [-0.2, 0) is 0 Å². The first-order valence-corrected chi connectivity index (χ1v) is 7.98. The number of anilines is 1. The Morgan fingerprint density at radius 2 is 2.05 bits per heavy atom. The first-order chi connectivity index (χ1) is 9.66. The van der Waals surface area contributed by atoms with Crippen LogP contribution in [0.2, 0.25) is 5.02 Å². The highest BCUT2D eigenvalue weighted by Crippen LogP contribution is 2.22. The maximum atomic E-state index is 6.09. The predicted octanol–water partition coefficient (Wildman–Crippen LogP) is 3.42. The molecule has 110 valence electrons. The second kappa shape index (κ2) is 7.81. The standard InChI is InChI=1S/C15H22ClN3S/c1-12-13(16)6-5-7-14(12)18-15(20)17-8-11-19-9-3-2-4-10-19/h5-7H,2-4,8-11H2,1H3,(H2,17,18,20). The Balaban J connectivity index is 1.73. The fourth-order valence-electron chi connectivity index (χ4n) is 2.42. The molecule has 0 amide bonds. The van der Waals surface area contributed by atoms with E-state index in [1.807, 2.05) is 25.1 Å². The van der Waals surface area contributed by atoms with E-state index in [1.165, 1.54) is 32.4 Å². The van der Waals surface area contributed by atoms with Crippen molar-refractivity contribution in [2.24, 2.45) is 0 Å². The molecule has 0 atom stereocenters. The average molecular weight is 312 g/mol. The molecule has 0 aromatic heterocycles. The van der Waals surface area contributed by atoms with Gasteiger partial charge in [-0.15, -0.1) is 0 Å². The molecule has 1 fully saturated rings. The van der Waals surface area contributed by atoms with Gasteiger partial charge in [-0.05, 0) is 62.8 Å². The zero-order valence-corrected chi connectivity index (χ0v) is 13.5.